The Morgan fingerprint density at radius 2 is 2.15 bits per heavy atom. The smallest absolute Gasteiger partial charge is 0.319 e. The Bertz CT molecular complexity index is 476. The van der Waals surface area contributed by atoms with Crippen LogP contribution in [0.25, 0.3) is 0 Å². The fourth-order valence-corrected chi connectivity index (χ4v) is 2.20. The molecule has 0 aromatic heterocycles. The number of amides is 2. The van der Waals surface area contributed by atoms with E-state index in [0.29, 0.717) is 19.8 Å². The van der Waals surface area contributed by atoms with Crippen LogP contribution < -0.4 is 10.6 Å². The van der Waals surface area contributed by atoms with Crippen LogP contribution in [-0.4, -0.2) is 38.0 Å². The van der Waals surface area contributed by atoms with Crippen molar-refractivity contribution in [2.75, 3.05) is 25.1 Å². The van der Waals surface area contributed by atoms with E-state index in [1.165, 1.54) is 5.56 Å². The summed E-state index contributed by atoms with van der Waals surface area (Å²) in [7, 11) is 0. The molecule has 20 heavy (non-hydrogen) atoms. The monoisotopic (exact) mass is 278 g/mol. The summed E-state index contributed by atoms with van der Waals surface area (Å²) < 4.78 is 10.9. The van der Waals surface area contributed by atoms with Gasteiger partial charge in [0.2, 0.25) is 0 Å². The number of ether oxygens (including phenoxy) is 2. The second-order valence-electron chi connectivity index (χ2n) is 5.04. The summed E-state index contributed by atoms with van der Waals surface area (Å²) in [5.41, 5.74) is 3.15. The normalized spacial score (nSPS) is 21.8. The summed E-state index contributed by atoms with van der Waals surface area (Å²) in [6.45, 7) is 7.64. The summed E-state index contributed by atoms with van der Waals surface area (Å²) in [5, 5.41) is 5.73. The predicted octanol–water partition coefficient (Wildman–Crippen LogP) is 2.23. The van der Waals surface area contributed by atoms with E-state index in [2.05, 4.69) is 10.6 Å². The summed E-state index contributed by atoms with van der Waals surface area (Å²) >= 11 is 0. The van der Waals surface area contributed by atoms with E-state index in [-0.39, 0.29) is 18.2 Å². The van der Waals surface area contributed by atoms with Crippen molar-refractivity contribution >= 4 is 11.7 Å². The molecule has 2 amide bonds. The van der Waals surface area contributed by atoms with Gasteiger partial charge < -0.3 is 20.1 Å². The molecule has 2 rings (SSSR count). The first kappa shape index (κ1) is 14.8. The number of hydrogen-bond donors (Lipinski definition) is 2. The third kappa shape index (κ3) is 3.71. The fourth-order valence-electron chi connectivity index (χ4n) is 2.20. The van der Waals surface area contributed by atoms with Crippen molar-refractivity contribution in [3.05, 3.63) is 29.3 Å². The van der Waals surface area contributed by atoms with Gasteiger partial charge in [0.25, 0.3) is 0 Å². The summed E-state index contributed by atoms with van der Waals surface area (Å²) in [5.74, 6) is 0. The number of rotatable bonds is 4. The van der Waals surface area contributed by atoms with Crippen LogP contribution in [0.2, 0.25) is 0 Å². The molecule has 2 N–H and O–H groups in total. The van der Waals surface area contributed by atoms with E-state index in [0.717, 1.165) is 11.3 Å². The lowest BCUT2D eigenvalue weighted by Crippen LogP contribution is -2.45. The molecular weight excluding hydrogens is 256 g/mol. The molecular formula is C15H22N2O3. The highest BCUT2D eigenvalue weighted by Gasteiger charge is 2.29. The Hall–Kier alpha value is -1.59. The van der Waals surface area contributed by atoms with E-state index in [1.54, 1.807) is 0 Å². The first-order chi connectivity index (χ1) is 9.60. The number of anilines is 1. The minimum absolute atomic E-state index is 0.0643. The van der Waals surface area contributed by atoms with Crippen molar-refractivity contribution in [1.29, 1.82) is 0 Å². The van der Waals surface area contributed by atoms with E-state index >= 15 is 0 Å². The molecule has 1 aliphatic rings. The van der Waals surface area contributed by atoms with Crippen LogP contribution in [0.5, 0.6) is 0 Å². The molecule has 110 valence electrons. The molecule has 0 radical (unpaired) electrons. The number of hydrogen-bond acceptors (Lipinski definition) is 3. The predicted molar refractivity (Wildman–Crippen MR) is 78.1 cm³/mol. The number of benzene rings is 1. The van der Waals surface area contributed by atoms with Gasteiger partial charge in [-0.2, -0.15) is 0 Å². The molecule has 1 saturated heterocycles. The fraction of sp³-hybridized carbons (Fsp3) is 0.533. The summed E-state index contributed by atoms with van der Waals surface area (Å²) in [4.78, 5) is 12.0. The minimum atomic E-state index is -0.228. The molecule has 1 aromatic rings. The van der Waals surface area contributed by atoms with Gasteiger partial charge in [-0.1, -0.05) is 6.07 Å². The van der Waals surface area contributed by atoms with E-state index < -0.39 is 0 Å². The topological polar surface area (TPSA) is 59.6 Å². The molecule has 1 heterocycles. The molecule has 2 atom stereocenters. The van der Waals surface area contributed by atoms with Crippen molar-refractivity contribution in [2.45, 2.75) is 32.9 Å². The van der Waals surface area contributed by atoms with Gasteiger partial charge in [-0.15, -0.1) is 0 Å². The van der Waals surface area contributed by atoms with Gasteiger partial charge in [0, 0.05) is 12.3 Å². The standard InChI is InChI=1S/C15H22N2O3/c1-4-20-14-9-19-8-13(14)17-15(18)16-12-6-5-10(2)11(3)7-12/h5-7,13-14H,4,8-9H2,1-3H3,(H2,16,17,18)/t13-,14-/m0/s1. The lowest BCUT2D eigenvalue weighted by molar-refractivity contribution is 0.0428. The zero-order chi connectivity index (χ0) is 14.5. The van der Waals surface area contributed by atoms with Crippen LogP contribution in [0, 0.1) is 13.8 Å². The van der Waals surface area contributed by atoms with Crippen molar-refractivity contribution in [1.82, 2.24) is 5.32 Å². The number of aryl methyl sites for hydroxylation is 2. The molecule has 1 aliphatic heterocycles. The molecule has 0 unspecified atom stereocenters. The molecule has 0 saturated carbocycles. The molecule has 5 heteroatoms. The average Bonchev–Trinajstić information content (AvgIpc) is 2.82. The molecule has 1 fully saturated rings. The third-order valence-electron chi connectivity index (χ3n) is 3.49. The van der Waals surface area contributed by atoms with E-state index in [4.69, 9.17) is 9.47 Å². The molecule has 0 spiro atoms. The molecule has 5 nitrogen and oxygen atoms in total. The van der Waals surface area contributed by atoms with Crippen molar-refractivity contribution < 1.29 is 14.3 Å². The average molecular weight is 278 g/mol. The van der Waals surface area contributed by atoms with Gasteiger partial charge >= 0.3 is 6.03 Å². The van der Waals surface area contributed by atoms with Gasteiger partial charge in [0.05, 0.1) is 19.3 Å². The quantitative estimate of drug-likeness (QED) is 0.888. The van der Waals surface area contributed by atoms with Crippen LogP contribution in [0.1, 0.15) is 18.1 Å². The highest BCUT2D eigenvalue weighted by molar-refractivity contribution is 5.89. The number of carbonyl (C=O) groups excluding carboxylic acids is 1. The first-order valence-electron chi connectivity index (χ1n) is 6.94. The molecule has 0 bridgehead atoms. The Morgan fingerprint density at radius 1 is 1.35 bits per heavy atom. The second-order valence-corrected chi connectivity index (χ2v) is 5.04. The van der Waals surface area contributed by atoms with E-state index in [9.17, 15) is 4.79 Å². The SMILES string of the molecule is CCO[C@H]1COC[C@@H]1NC(=O)Nc1ccc(C)c(C)c1. The Kier molecular flexibility index (Phi) is 4.98. The zero-order valence-electron chi connectivity index (χ0n) is 12.2. The largest absolute Gasteiger partial charge is 0.376 e. The first-order valence-corrected chi connectivity index (χ1v) is 6.94. The van der Waals surface area contributed by atoms with Crippen LogP contribution >= 0.6 is 0 Å². The molecule has 0 aliphatic carbocycles. The van der Waals surface area contributed by atoms with Crippen LogP contribution in [0.4, 0.5) is 10.5 Å². The maximum absolute atomic E-state index is 12.0. The van der Waals surface area contributed by atoms with Crippen LogP contribution in [0.15, 0.2) is 18.2 Å². The molecule has 1 aromatic carbocycles. The summed E-state index contributed by atoms with van der Waals surface area (Å²) in [6.07, 6.45) is -0.0643. The van der Waals surface area contributed by atoms with Gasteiger partial charge in [0.15, 0.2) is 0 Å². The van der Waals surface area contributed by atoms with Crippen LogP contribution in [-0.2, 0) is 9.47 Å². The lowest BCUT2D eigenvalue weighted by Gasteiger charge is -2.19. The third-order valence-corrected chi connectivity index (χ3v) is 3.49. The summed E-state index contributed by atoms with van der Waals surface area (Å²) in [6, 6.07) is 5.52. The number of urea groups is 1. The number of nitrogens with one attached hydrogen (secondary N) is 2. The zero-order valence-corrected chi connectivity index (χ0v) is 12.2. The second kappa shape index (κ2) is 6.72. The van der Waals surface area contributed by atoms with Gasteiger partial charge in [-0.05, 0) is 44.0 Å². The number of carbonyl (C=O) groups is 1. The van der Waals surface area contributed by atoms with Crippen LogP contribution in [0.3, 0.4) is 0 Å². The Balaban J connectivity index is 1.90. The van der Waals surface area contributed by atoms with Crippen molar-refractivity contribution in [3.8, 4) is 0 Å². The lowest BCUT2D eigenvalue weighted by atomic mass is 10.1. The Labute approximate surface area is 119 Å². The van der Waals surface area contributed by atoms with Gasteiger partial charge in [-0.25, -0.2) is 4.79 Å². The maximum Gasteiger partial charge on any atom is 0.319 e. The van der Waals surface area contributed by atoms with Crippen molar-refractivity contribution in [3.63, 3.8) is 0 Å². The highest BCUT2D eigenvalue weighted by Crippen LogP contribution is 2.15. The minimum Gasteiger partial charge on any atom is -0.376 e. The van der Waals surface area contributed by atoms with Crippen molar-refractivity contribution in [2.24, 2.45) is 0 Å². The van der Waals surface area contributed by atoms with Gasteiger partial charge in [0.1, 0.15) is 6.10 Å². The van der Waals surface area contributed by atoms with Gasteiger partial charge in [-0.3, -0.25) is 0 Å². The Morgan fingerprint density at radius 3 is 2.85 bits per heavy atom. The maximum atomic E-state index is 12.0. The van der Waals surface area contributed by atoms with E-state index in [1.807, 2.05) is 39.0 Å². The highest BCUT2D eigenvalue weighted by atomic mass is 16.5.